The number of benzene rings is 2. The van der Waals surface area contributed by atoms with Gasteiger partial charge < -0.3 is 14.0 Å². The Morgan fingerprint density at radius 3 is 2.40 bits per heavy atom. The number of rotatable bonds is 9. The summed E-state index contributed by atoms with van der Waals surface area (Å²) in [5.74, 6) is 1.26. The van der Waals surface area contributed by atoms with Crippen LogP contribution in [0.4, 0.5) is 4.39 Å². The lowest BCUT2D eigenvalue weighted by molar-refractivity contribution is 0.287. The first-order chi connectivity index (χ1) is 16.8. The number of hydrogen-bond donors (Lipinski definition) is 0. The van der Waals surface area contributed by atoms with Gasteiger partial charge in [-0.2, -0.15) is 0 Å². The molecule has 4 aromatic rings. The Kier molecular flexibility index (Phi) is 7.30. The minimum absolute atomic E-state index is 0.283. The van der Waals surface area contributed by atoms with Crippen LogP contribution in [0, 0.1) is 5.82 Å². The molecule has 35 heavy (non-hydrogen) atoms. The maximum absolute atomic E-state index is 14.2. The molecular weight excluding hydrogens is 471 g/mol. The third kappa shape index (κ3) is 4.84. The number of nitrogens with zero attached hydrogens (tertiary/aromatic N) is 4. The standard InChI is InChI=1S/C25H27FN4O4S/c1-5-33-19-12-11-16(13-20(19)34-6-2)14-30-21-22(28(3)25(32)29(4)23(21)31)27-24(30)35-15-17-9-7-8-10-18(17)26/h7-13H,5-6,14-15H2,1-4H3. The molecular formula is C25H27FN4O4S. The van der Waals surface area contributed by atoms with Crippen LogP contribution in [0.25, 0.3) is 11.2 Å². The van der Waals surface area contributed by atoms with Crippen LogP contribution in [0.5, 0.6) is 11.5 Å². The number of imidazole rings is 1. The van der Waals surface area contributed by atoms with Crippen molar-refractivity contribution < 1.29 is 13.9 Å². The zero-order valence-electron chi connectivity index (χ0n) is 20.1. The fraction of sp³-hybridized carbons (Fsp3) is 0.320. The minimum Gasteiger partial charge on any atom is -0.490 e. The Morgan fingerprint density at radius 2 is 1.69 bits per heavy atom. The van der Waals surface area contributed by atoms with E-state index in [4.69, 9.17) is 9.47 Å². The van der Waals surface area contributed by atoms with Crippen molar-refractivity contribution in [1.82, 2.24) is 18.7 Å². The van der Waals surface area contributed by atoms with Gasteiger partial charge in [0.05, 0.1) is 19.8 Å². The van der Waals surface area contributed by atoms with Crippen molar-refractivity contribution in [3.63, 3.8) is 0 Å². The second-order valence-corrected chi connectivity index (χ2v) is 8.83. The highest BCUT2D eigenvalue weighted by atomic mass is 32.2. The van der Waals surface area contributed by atoms with Gasteiger partial charge in [-0.15, -0.1) is 0 Å². The molecule has 2 heterocycles. The zero-order valence-corrected chi connectivity index (χ0v) is 20.9. The number of aromatic nitrogens is 4. The molecule has 0 amide bonds. The largest absolute Gasteiger partial charge is 0.490 e. The molecule has 8 nitrogen and oxygen atoms in total. The Labute approximate surface area is 205 Å². The van der Waals surface area contributed by atoms with E-state index in [2.05, 4.69) is 4.98 Å². The molecule has 0 aliphatic carbocycles. The van der Waals surface area contributed by atoms with Crippen LogP contribution in [0.15, 0.2) is 57.2 Å². The Bertz CT molecular complexity index is 1490. The van der Waals surface area contributed by atoms with Gasteiger partial charge in [0.1, 0.15) is 5.82 Å². The number of hydrogen-bond acceptors (Lipinski definition) is 6. The molecule has 0 fully saturated rings. The number of halogens is 1. The Hall–Kier alpha value is -3.53. The van der Waals surface area contributed by atoms with Crippen LogP contribution in [-0.2, 0) is 26.4 Å². The maximum Gasteiger partial charge on any atom is 0.332 e. The summed E-state index contributed by atoms with van der Waals surface area (Å²) in [5.41, 5.74) is 1.07. The van der Waals surface area contributed by atoms with Crippen molar-refractivity contribution in [2.24, 2.45) is 14.1 Å². The zero-order chi connectivity index (χ0) is 25.1. The highest BCUT2D eigenvalue weighted by Gasteiger charge is 2.20. The van der Waals surface area contributed by atoms with Gasteiger partial charge in [-0.05, 0) is 43.2 Å². The SMILES string of the molecule is CCOc1ccc(Cn2c(SCc3ccccc3F)nc3c2c(=O)n(C)c(=O)n3C)cc1OCC. The summed E-state index contributed by atoms with van der Waals surface area (Å²) in [6.45, 7) is 5.08. The highest BCUT2D eigenvalue weighted by Crippen LogP contribution is 2.31. The van der Waals surface area contributed by atoms with Crippen LogP contribution >= 0.6 is 11.8 Å². The Morgan fingerprint density at radius 1 is 0.971 bits per heavy atom. The van der Waals surface area contributed by atoms with E-state index in [9.17, 15) is 14.0 Å². The van der Waals surface area contributed by atoms with Crippen molar-refractivity contribution in [1.29, 1.82) is 0 Å². The van der Waals surface area contributed by atoms with Crippen LogP contribution in [0.1, 0.15) is 25.0 Å². The molecule has 0 N–H and O–H groups in total. The third-order valence-corrected chi connectivity index (χ3v) is 6.60. The molecule has 0 aliphatic heterocycles. The molecule has 0 saturated heterocycles. The summed E-state index contributed by atoms with van der Waals surface area (Å²) in [6, 6.07) is 12.1. The van der Waals surface area contributed by atoms with Crippen molar-refractivity contribution >= 4 is 22.9 Å². The lowest BCUT2D eigenvalue weighted by Crippen LogP contribution is -2.37. The quantitative estimate of drug-likeness (QED) is 0.327. The van der Waals surface area contributed by atoms with E-state index < -0.39 is 11.2 Å². The number of aryl methyl sites for hydroxylation is 1. The molecule has 0 aliphatic rings. The second kappa shape index (κ2) is 10.4. The molecule has 4 rings (SSSR count). The van der Waals surface area contributed by atoms with Crippen LogP contribution in [-0.4, -0.2) is 31.9 Å². The Balaban J connectivity index is 1.82. The smallest absolute Gasteiger partial charge is 0.332 e. The summed E-state index contributed by atoms with van der Waals surface area (Å²) >= 11 is 1.31. The molecule has 0 atom stereocenters. The minimum atomic E-state index is -0.461. The van der Waals surface area contributed by atoms with Crippen LogP contribution in [0.3, 0.4) is 0 Å². The summed E-state index contributed by atoms with van der Waals surface area (Å²) in [7, 11) is 3.02. The topological polar surface area (TPSA) is 80.3 Å². The normalized spacial score (nSPS) is 11.2. The number of thioether (sulfide) groups is 1. The van der Waals surface area contributed by atoms with E-state index in [1.54, 1.807) is 29.8 Å². The molecule has 0 unspecified atom stereocenters. The summed E-state index contributed by atoms with van der Waals surface area (Å²) < 4.78 is 29.8. The van der Waals surface area contributed by atoms with E-state index in [-0.39, 0.29) is 11.5 Å². The van der Waals surface area contributed by atoms with Gasteiger partial charge in [-0.1, -0.05) is 36.0 Å². The molecule has 0 bridgehead atoms. The average Bonchev–Trinajstić information content (AvgIpc) is 3.21. The van der Waals surface area contributed by atoms with E-state index in [1.165, 1.54) is 29.4 Å². The first kappa shape index (κ1) is 24.6. The van der Waals surface area contributed by atoms with Gasteiger partial charge in [-0.25, -0.2) is 14.2 Å². The van der Waals surface area contributed by atoms with Gasteiger partial charge in [0, 0.05) is 19.8 Å². The van der Waals surface area contributed by atoms with Crippen molar-refractivity contribution in [3.8, 4) is 11.5 Å². The number of ether oxygens (including phenoxy) is 2. The summed E-state index contributed by atoms with van der Waals surface area (Å²) in [6.07, 6.45) is 0. The molecule has 2 aromatic carbocycles. The van der Waals surface area contributed by atoms with Gasteiger partial charge in [0.2, 0.25) is 0 Å². The molecule has 0 spiro atoms. The molecule has 0 radical (unpaired) electrons. The molecule has 0 saturated carbocycles. The first-order valence-electron chi connectivity index (χ1n) is 11.3. The highest BCUT2D eigenvalue weighted by molar-refractivity contribution is 7.98. The third-order valence-electron chi connectivity index (χ3n) is 5.58. The first-order valence-corrected chi connectivity index (χ1v) is 12.2. The molecule has 184 valence electrons. The van der Waals surface area contributed by atoms with E-state index in [1.807, 2.05) is 32.0 Å². The fourth-order valence-corrected chi connectivity index (χ4v) is 4.80. The van der Waals surface area contributed by atoms with Crippen molar-refractivity contribution in [2.75, 3.05) is 13.2 Å². The van der Waals surface area contributed by atoms with Gasteiger partial charge >= 0.3 is 5.69 Å². The predicted octanol–water partition coefficient (Wildman–Crippen LogP) is 3.71. The van der Waals surface area contributed by atoms with E-state index in [0.717, 1.165) is 10.1 Å². The van der Waals surface area contributed by atoms with E-state index in [0.29, 0.717) is 53.2 Å². The fourth-order valence-electron chi connectivity index (χ4n) is 3.82. The van der Waals surface area contributed by atoms with Crippen LogP contribution in [0.2, 0.25) is 0 Å². The average molecular weight is 499 g/mol. The van der Waals surface area contributed by atoms with Gasteiger partial charge in [0.15, 0.2) is 27.8 Å². The summed E-state index contributed by atoms with van der Waals surface area (Å²) in [4.78, 5) is 30.3. The van der Waals surface area contributed by atoms with Gasteiger partial charge in [-0.3, -0.25) is 13.9 Å². The molecule has 2 aromatic heterocycles. The summed E-state index contributed by atoms with van der Waals surface area (Å²) in [5, 5.41) is 0.508. The second-order valence-electron chi connectivity index (χ2n) is 7.89. The number of fused-ring (bicyclic) bond motifs is 1. The lowest BCUT2D eigenvalue weighted by Gasteiger charge is -2.14. The monoisotopic (exact) mass is 498 g/mol. The van der Waals surface area contributed by atoms with Crippen molar-refractivity contribution in [2.45, 2.75) is 31.3 Å². The van der Waals surface area contributed by atoms with Gasteiger partial charge in [0.25, 0.3) is 5.56 Å². The maximum atomic E-state index is 14.2. The lowest BCUT2D eigenvalue weighted by atomic mass is 10.2. The van der Waals surface area contributed by atoms with Crippen molar-refractivity contribution in [3.05, 3.63) is 80.2 Å². The predicted molar refractivity (Wildman–Crippen MR) is 134 cm³/mol. The van der Waals surface area contributed by atoms with E-state index >= 15 is 0 Å². The van der Waals surface area contributed by atoms with Crippen LogP contribution < -0.4 is 20.7 Å². The molecule has 10 heteroatoms.